The molecule has 1 amide bonds. The third kappa shape index (κ3) is 4.72. The van der Waals surface area contributed by atoms with Crippen molar-refractivity contribution in [2.24, 2.45) is 17.8 Å². The van der Waals surface area contributed by atoms with Crippen LogP contribution in [0.5, 0.6) is 0 Å². The summed E-state index contributed by atoms with van der Waals surface area (Å²) in [7, 11) is 0. The highest BCUT2D eigenvalue weighted by Gasteiger charge is 2.57. The van der Waals surface area contributed by atoms with Gasteiger partial charge in [0.25, 0.3) is 0 Å². The molecule has 0 radical (unpaired) electrons. The van der Waals surface area contributed by atoms with Gasteiger partial charge in [0.15, 0.2) is 11.6 Å². The van der Waals surface area contributed by atoms with Gasteiger partial charge in [-0.1, -0.05) is 27.7 Å². The van der Waals surface area contributed by atoms with Crippen LogP contribution in [0.2, 0.25) is 0 Å². The van der Waals surface area contributed by atoms with Crippen molar-refractivity contribution >= 4 is 23.4 Å². The maximum absolute atomic E-state index is 13.7. The van der Waals surface area contributed by atoms with E-state index < -0.39 is 28.9 Å². The molecule has 0 saturated heterocycles. The minimum atomic E-state index is -1.34. The molecule has 2 heterocycles. The maximum atomic E-state index is 13.7. The van der Waals surface area contributed by atoms with E-state index >= 15 is 0 Å². The van der Waals surface area contributed by atoms with Gasteiger partial charge in [0.2, 0.25) is 5.91 Å². The summed E-state index contributed by atoms with van der Waals surface area (Å²) in [6, 6.07) is 0. The van der Waals surface area contributed by atoms with Crippen molar-refractivity contribution in [3.8, 4) is 0 Å². The Bertz CT molecular complexity index is 847. The minimum Gasteiger partial charge on any atom is -0.466 e. The number of ketones is 2. The molecule has 0 aliphatic carbocycles. The first kappa shape index (κ1) is 25.6. The quantitative estimate of drug-likeness (QED) is 0.225. The molecule has 0 fully saturated rings. The van der Waals surface area contributed by atoms with Gasteiger partial charge < -0.3 is 15.4 Å². The molecule has 0 unspecified atom stereocenters. The van der Waals surface area contributed by atoms with Gasteiger partial charge in [0, 0.05) is 23.5 Å². The molecule has 9 heteroatoms. The molecule has 2 aliphatic rings. The van der Waals surface area contributed by atoms with E-state index in [1.807, 2.05) is 27.7 Å². The highest BCUT2D eigenvalue weighted by atomic mass is 16.5. The molecule has 4 N–H and O–H groups in total. The zero-order valence-electron chi connectivity index (χ0n) is 19.7. The van der Waals surface area contributed by atoms with Crippen molar-refractivity contribution < 1.29 is 29.1 Å². The zero-order valence-corrected chi connectivity index (χ0v) is 19.7. The van der Waals surface area contributed by atoms with Crippen LogP contribution in [-0.2, 0) is 23.9 Å². The molecule has 0 aromatic carbocycles. The summed E-state index contributed by atoms with van der Waals surface area (Å²) < 4.78 is 5.07. The normalized spacial score (nSPS) is 25.9. The predicted octanol–water partition coefficient (Wildman–Crippen LogP) is 1.76. The average Bonchev–Trinajstić information content (AvgIpc) is 3.18. The van der Waals surface area contributed by atoms with Gasteiger partial charge in [-0.25, -0.2) is 5.48 Å². The Morgan fingerprint density at radius 1 is 1.03 bits per heavy atom. The number of esters is 1. The molecule has 32 heavy (non-hydrogen) atoms. The van der Waals surface area contributed by atoms with Crippen LogP contribution >= 0.6 is 0 Å². The molecule has 0 spiro atoms. The molecule has 0 aromatic heterocycles. The number of ether oxygens (including phenoxy) is 1. The van der Waals surface area contributed by atoms with Crippen molar-refractivity contribution in [1.82, 2.24) is 16.1 Å². The number of Topliss-reactive ketones (excluding diaryl/α,β-unsaturated/α-hetero) is 2. The molecule has 2 rings (SSSR count). The van der Waals surface area contributed by atoms with E-state index in [1.54, 1.807) is 19.3 Å². The SMILES string of the molecule is CCOC(=O)[C@H](C)C1=CN[C@@](CC(C)C)(C2=CN[C@](CC(=O)NO)(CC(C)C)C2=O)C1=O. The largest absolute Gasteiger partial charge is 0.466 e. The highest BCUT2D eigenvalue weighted by molar-refractivity contribution is 6.19. The van der Waals surface area contributed by atoms with Gasteiger partial charge >= 0.3 is 5.97 Å². The van der Waals surface area contributed by atoms with E-state index in [0.29, 0.717) is 12.8 Å². The third-order valence-corrected chi connectivity index (χ3v) is 5.92. The predicted molar refractivity (Wildman–Crippen MR) is 117 cm³/mol. The third-order valence-electron chi connectivity index (χ3n) is 5.92. The van der Waals surface area contributed by atoms with Crippen LogP contribution in [0.25, 0.3) is 0 Å². The first-order valence-corrected chi connectivity index (χ1v) is 11.1. The fraction of sp³-hybridized carbons (Fsp3) is 0.652. The van der Waals surface area contributed by atoms with Crippen LogP contribution in [0, 0.1) is 17.8 Å². The number of hydrogen-bond acceptors (Lipinski definition) is 8. The number of rotatable bonds is 10. The van der Waals surface area contributed by atoms with Crippen LogP contribution in [0.1, 0.15) is 60.8 Å². The maximum Gasteiger partial charge on any atom is 0.313 e. The van der Waals surface area contributed by atoms with Crippen molar-refractivity contribution in [1.29, 1.82) is 0 Å². The van der Waals surface area contributed by atoms with E-state index in [4.69, 9.17) is 9.94 Å². The summed E-state index contributed by atoms with van der Waals surface area (Å²) in [5, 5.41) is 15.2. The lowest BCUT2D eigenvalue weighted by molar-refractivity contribution is -0.146. The Labute approximate surface area is 189 Å². The molecular formula is C23H35N3O6. The first-order valence-electron chi connectivity index (χ1n) is 11.1. The second-order valence-electron chi connectivity index (χ2n) is 9.47. The van der Waals surface area contributed by atoms with Crippen LogP contribution in [0.3, 0.4) is 0 Å². The van der Waals surface area contributed by atoms with E-state index in [0.717, 1.165) is 0 Å². The van der Waals surface area contributed by atoms with Gasteiger partial charge in [-0.15, -0.1) is 0 Å². The summed E-state index contributed by atoms with van der Waals surface area (Å²) in [4.78, 5) is 51.7. The van der Waals surface area contributed by atoms with Gasteiger partial charge in [-0.3, -0.25) is 24.4 Å². The average molecular weight is 450 g/mol. The van der Waals surface area contributed by atoms with Crippen LogP contribution in [0.15, 0.2) is 23.5 Å². The summed E-state index contributed by atoms with van der Waals surface area (Å²) in [6.07, 6.45) is 3.40. The van der Waals surface area contributed by atoms with E-state index in [1.165, 1.54) is 12.4 Å². The summed E-state index contributed by atoms with van der Waals surface area (Å²) in [5.74, 6) is -2.58. The number of hydrogen-bond donors (Lipinski definition) is 4. The molecule has 3 atom stereocenters. The van der Waals surface area contributed by atoms with E-state index in [9.17, 15) is 19.2 Å². The van der Waals surface area contributed by atoms with Gasteiger partial charge in [-0.2, -0.15) is 0 Å². The Morgan fingerprint density at radius 3 is 2.19 bits per heavy atom. The Hall–Kier alpha value is -2.68. The number of carbonyl (C=O) groups is 4. The lowest BCUT2D eigenvalue weighted by Crippen LogP contribution is -2.55. The second kappa shape index (κ2) is 9.85. The summed E-state index contributed by atoms with van der Waals surface area (Å²) in [6.45, 7) is 11.2. The van der Waals surface area contributed by atoms with Crippen LogP contribution in [0.4, 0.5) is 0 Å². The molecule has 0 saturated carbocycles. The fourth-order valence-corrected chi connectivity index (χ4v) is 4.65. The smallest absolute Gasteiger partial charge is 0.313 e. The molecule has 178 valence electrons. The van der Waals surface area contributed by atoms with Gasteiger partial charge in [0.1, 0.15) is 11.1 Å². The van der Waals surface area contributed by atoms with Gasteiger partial charge in [0.05, 0.1) is 18.9 Å². The number of carbonyl (C=O) groups excluding carboxylic acids is 4. The molecule has 9 nitrogen and oxygen atoms in total. The first-order chi connectivity index (χ1) is 14.9. The van der Waals surface area contributed by atoms with E-state index in [-0.39, 0.29) is 47.6 Å². The minimum absolute atomic E-state index is 0.0478. The van der Waals surface area contributed by atoms with Crippen molar-refractivity contribution in [2.75, 3.05) is 6.61 Å². The van der Waals surface area contributed by atoms with Crippen LogP contribution < -0.4 is 16.1 Å². The Balaban J connectivity index is 2.44. The number of nitrogens with one attached hydrogen (secondary N) is 3. The highest BCUT2D eigenvalue weighted by Crippen LogP contribution is 2.41. The lowest BCUT2D eigenvalue weighted by atomic mass is 9.72. The second-order valence-corrected chi connectivity index (χ2v) is 9.47. The molecule has 0 bridgehead atoms. The summed E-state index contributed by atoms with van der Waals surface area (Å²) in [5.41, 5.74) is -0.534. The lowest BCUT2D eigenvalue weighted by Gasteiger charge is -2.34. The Kier molecular flexibility index (Phi) is 7.88. The molecule has 0 aromatic rings. The van der Waals surface area contributed by atoms with Gasteiger partial charge in [-0.05, 0) is 38.5 Å². The van der Waals surface area contributed by atoms with Crippen molar-refractivity contribution in [2.45, 2.75) is 71.9 Å². The van der Waals surface area contributed by atoms with Crippen molar-refractivity contribution in [3.63, 3.8) is 0 Å². The molecular weight excluding hydrogens is 414 g/mol. The van der Waals surface area contributed by atoms with Crippen molar-refractivity contribution in [3.05, 3.63) is 23.5 Å². The fourth-order valence-electron chi connectivity index (χ4n) is 4.65. The standard InChI is InChI=1S/C23H35N3O6/c1-7-32-21(30)15(6)16-11-25-23(19(16)28,9-14(4)5)17-12-24-22(20(17)29,8-13(2)3)10-18(27)26-31/h11-15,24-25,31H,7-10H2,1-6H3,(H,26,27)/t15-,22+,23+/m1/s1. The number of hydroxylamine groups is 1. The summed E-state index contributed by atoms with van der Waals surface area (Å²) >= 11 is 0. The van der Waals surface area contributed by atoms with E-state index in [2.05, 4.69) is 10.6 Å². The zero-order chi connectivity index (χ0) is 24.3. The Morgan fingerprint density at radius 2 is 1.66 bits per heavy atom. The van der Waals surface area contributed by atoms with Crippen LogP contribution in [-0.4, -0.2) is 46.3 Å². The number of amides is 1. The topological polar surface area (TPSA) is 134 Å². The molecule has 2 aliphatic heterocycles. The monoisotopic (exact) mass is 449 g/mol.